The zero-order valence-corrected chi connectivity index (χ0v) is 16.5. The predicted octanol–water partition coefficient (Wildman–Crippen LogP) is 4.20. The summed E-state index contributed by atoms with van der Waals surface area (Å²) < 4.78 is 1.27. The normalized spacial score (nSPS) is 13.4. The Morgan fingerprint density at radius 3 is 1.69 bits per heavy atom. The standard InChI is InChI=1S/C16H16Cl2N4O2S2/c17-13-3-1-11(25-13)9(23)6-19-15-5-16(22-8-21-15)20-7-10(24)12-2-4-14(18)26-12/h1-5,8-10,23-24H,6-7H2,(H2,19,20,21,22). The molecule has 26 heavy (non-hydrogen) atoms. The summed E-state index contributed by atoms with van der Waals surface area (Å²) in [6, 6.07) is 8.81. The second kappa shape index (κ2) is 8.98. The summed E-state index contributed by atoms with van der Waals surface area (Å²) in [7, 11) is 0. The quantitative estimate of drug-likeness (QED) is 0.428. The predicted molar refractivity (Wildman–Crippen MR) is 108 cm³/mol. The number of nitrogens with zero attached hydrogens (tertiary/aromatic N) is 2. The van der Waals surface area contributed by atoms with Gasteiger partial charge in [0.2, 0.25) is 0 Å². The number of halogens is 2. The summed E-state index contributed by atoms with van der Waals surface area (Å²) >= 11 is 14.4. The van der Waals surface area contributed by atoms with Gasteiger partial charge in [-0.05, 0) is 24.3 Å². The second-order valence-electron chi connectivity index (χ2n) is 5.37. The molecule has 0 amide bonds. The van der Waals surface area contributed by atoms with Crippen LogP contribution in [0.3, 0.4) is 0 Å². The smallest absolute Gasteiger partial charge is 0.131 e. The van der Waals surface area contributed by atoms with Crippen LogP contribution in [0.25, 0.3) is 0 Å². The minimum atomic E-state index is -0.677. The largest absolute Gasteiger partial charge is 0.386 e. The van der Waals surface area contributed by atoms with Crippen molar-refractivity contribution in [2.45, 2.75) is 12.2 Å². The molecule has 3 heterocycles. The van der Waals surface area contributed by atoms with Crippen LogP contribution in [0.2, 0.25) is 8.67 Å². The molecule has 138 valence electrons. The van der Waals surface area contributed by atoms with Gasteiger partial charge in [0, 0.05) is 28.9 Å². The Balaban J connectivity index is 1.52. The van der Waals surface area contributed by atoms with Crippen molar-refractivity contribution in [3.8, 4) is 0 Å². The van der Waals surface area contributed by atoms with Crippen LogP contribution >= 0.6 is 45.9 Å². The van der Waals surface area contributed by atoms with E-state index in [1.54, 1.807) is 30.3 Å². The summed E-state index contributed by atoms with van der Waals surface area (Å²) in [5.74, 6) is 1.13. The lowest BCUT2D eigenvalue weighted by atomic mass is 10.3. The molecule has 3 aromatic heterocycles. The highest BCUT2D eigenvalue weighted by molar-refractivity contribution is 7.16. The topological polar surface area (TPSA) is 90.3 Å². The van der Waals surface area contributed by atoms with Crippen molar-refractivity contribution in [2.24, 2.45) is 0 Å². The molecule has 0 saturated heterocycles. The molecule has 0 aromatic carbocycles. The lowest BCUT2D eigenvalue weighted by molar-refractivity contribution is 0.195. The van der Waals surface area contributed by atoms with Crippen molar-refractivity contribution in [1.29, 1.82) is 0 Å². The Hall–Kier alpha value is -1.42. The molecule has 6 nitrogen and oxygen atoms in total. The summed E-state index contributed by atoms with van der Waals surface area (Å²) in [6.45, 7) is 0.591. The number of hydrogen-bond donors (Lipinski definition) is 4. The molecule has 0 saturated carbocycles. The number of aliphatic hydroxyl groups excluding tert-OH is 2. The zero-order chi connectivity index (χ0) is 18.5. The molecular weight excluding hydrogens is 415 g/mol. The average Bonchev–Trinajstić information content (AvgIpc) is 3.26. The van der Waals surface area contributed by atoms with Crippen LogP contribution in [-0.2, 0) is 0 Å². The maximum Gasteiger partial charge on any atom is 0.131 e. The maximum absolute atomic E-state index is 10.2. The number of anilines is 2. The molecule has 2 unspecified atom stereocenters. The van der Waals surface area contributed by atoms with Crippen LogP contribution in [-0.4, -0.2) is 33.3 Å². The molecule has 0 aliphatic carbocycles. The molecule has 10 heteroatoms. The summed E-state index contributed by atoms with van der Waals surface area (Å²) in [5.41, 5.74) is 0. The minimum absolute atomic E-state index is 0.295. The van der Waals surface area contributed by atoms with E-state index >= 15 is 0 Å². The Bertz CT molecular complexity index is 793. The van der Waals surface area contributed by atoms with E-state index in [0.717, 1.165) is 9.75 Å². The first kappa shape index (κ1) is 19.3. The van der Waals surface area contributed by atoms with Gasteiger partial charge in [-0.2, -0.15) is 0 Å². The van der Waals surface area contributed by atoms with E-state index in [1.165, 1.54) is 29.0 Å². The molecule has 3 rings (SSSR count). The van der Waals surface area contributed by atoms with Crippen molar-refractivity contribution in [3.63, 3.8) is 0 Å². The third-order valence-corrected chi connectivity index (χ3v) is 6.13. The lowest BCUT2D eigenvalue weighted by Crippen LogP contribution is -2.14. The minimum Gasteiger partial charge on any atom is -0.386 e. The van der Waals surface area contributed by atoms with Crippen LogP contribution in [0.5, 0.6) is 0 Å². The first-order valence-corrected chi connectivity index (χ1v) is 10.1. The Labute approximate surface area is 168 Å². The van der Waals surface area contributed by atoms with Gasteiger partial charge in [-0.25, -0.2) is 9.97 Å². The molecule has 0 aliphatic rings. The van der Waals surface area contributed by atoms with Crippen LogP contribution in [0.1, 0.15) is 22.0 Å². The Kier molecular flexibility index (Phi) is 6.68. The SMILES string of the molecule is OC(CNc1cc(NCC(O)c2ccc(Cl)s2)ncn1)c1ccc(Cl)s1. The van der Waals surface area contributed by atoms with Crippen molar-refractivity contribution in [3.05, 3.63) is 55.1 Å². The number of rotatable bonds is 8. The van der Waals surface area contributed by atoms with Crippen LogP contribution in [0.4, 0.5) is 11.6 Å². The number of aromatic nitrogens is 2. The van der Waals surface area contributed by atoms with E-state index in [9.17, 15) is 10.2 Å². The molecule has 4 N–H and O–H groups in total. The summed E-state index contributed by atoms with van der Waals surface area (Å²) in [6.07, 6.45) is 0.0570. The van der Waals surface area contributed by atoms with Crippen LogP contribution in [0, 0.1) is 0 Å². The Morgan fingerprint density at radius 1 is 0.846 bits per heavy atom. The van der Waals surface area contributed by atoms with Crippen molar-refractivity contribution in [1.82, 2.24) is 9.97 Å². The highest BCUT2D eigenvalue weighted by Crippen LogP contribution is 2.28. The highest BCUT2D eigenvalue weighted by atomic mass is 35.5. The van der Waals surface area contributed by atoms with E-state index in [-0.39, 0.29) is 0 Å². The first-order chi connectivity index (χ1) is 12.5. The van der Waals surface area contributed by atoms with E-state index in [4.69, 9.17) is 23.2 Å². The lowest BCUT2D eigenvalue weighted by Gasteiger charge is -2.13. The molecule has 0 radical (unpaired) electrons. The molecule has 0 aliphatic heterocycles. The summed E-state index contributed by atoms with van der Waals surface area (Å²) in [4.78, 5) is 9.82. The Morgan fingerprint density at radius 2 is 1.31 bits per heavy atom. The van der Waals surface area contributed by atoms with Gasteiger partial charge >= 0.3 is 0 Å². The maximum atomic E-state index is 10.2. The van der Waals surface area contributed by atoms with Gasteiger partial charge in [0.15, 0.2) is 0 Å². The summed E-state index contributed by atoms with van der Waals surface area (Å²) in [5, 5.41) is 26.4. The van der Waals surface area contributed by atoms with E-state index < -0.39 is 12.2 Å². The van der Waals surface area contributed by atoms with Gasteiger partial charge in [-0.3, -0.25) is 0 Å². The number of thiophene rings is 2. The van der Waals surface area contributed by atoms with Gasteiger partial charge in [-0.1, -0.05) is 23.2 Å². The number of nitrogens with one attached hydrogen (secondary N) is 2. The fourth-order valence-electron chi connectivity index (χ4n) is 2.17. The number of aliphatic hydroxyl groups is 2. The van der Waals surface area contributed by atoms with Crippen LogP contribution in [0.15, 0.2) is 36.7 Å². The molecule has 0 bridgehead atoms. The molecule has 0 fully saturated rings. The van der Waals surface area contributed by atoms with Crippen LogP contribution < -0.4 is 10.6 Å². The average molecular weight is 431 g/mol. The van der Waals surface area contributed by atoms with E-state index in [0.29, 0.717) is 33.4 Å². The third-order valence-electron chi connectivity index (χ3n) is 3.46. The van der Waals surface area contributed by atoms with Gasteiger partial charge < -0.3 is 20.8 Å². The monoisotopic (exact) mass is 430 g/mol. The molecule has 3 aromatic rings. The highest BCUT2D eigenvalue weighted by Gasteiger charge is 2.12. The fourth-order valence-corrected chi connectivity index (χ4v) is 4.26. The first-order valence-electron chi connectivity index (χ1n) is 7.67. The molecule has 0 spiro atoms. The molecular formula is C16H16Cl2N4O2S2. The van der Waals surface area contributed by atoms with E-state index in [2.05, 4.69) is 20.6 Å². The third kappa shape index (κ3) is 5.29. The van der Waals surface area contributed by atoms with Gasteiger partial charge in [0.05, 0.1) is 8.67 Å². The number of hydrogen-bond acceptors (Lipinski definition) is 8. The second-order valence-corrected chi connectivity index (χ2v) is 8.86. The van der Waals surface area contributed by atoms with Crippen molar-refractivity contribution < 1.29 is 10.2 Å². The van der Waals surface area contributed by atoms with Crippen molar-refractivity contribution >= 4 is 57.5 Å². The zero-order valence-electron chi connectivity index (χ0n) is 13.4. The van der Waals surface area contributed by atoms with Crippen molar-refractivity contribution in [2.75, 3.05) is 23.7 Å². The van der Waals surface area contributed by atoms with Gasteiger partial charge in [-0.15, -0.1) is 22.7 Å². The van der Waals surface area contributed by atoms with E-state index in [1.807, 2.05) is 0 Å². The molecule has 2 atom stereocenters. The van der Waals surface area contributed by atoms with Gasteiger partial charge in [0.25, 0.3) is 0 Å². The fraction of sp³-hybridized carbons (Fsp3) is 0.250. The van der Waals surface area contributed by atoms with Gasteiger partial charge in [0.1, 0.15) is 30.2 Å².